The molecule has 1 aliphatic rings. The minimum atomic E-state index is -2.14. The SMILES string of the molecule is CO[C@]1(C(=O)O)C[C@@H](O)[C@@H](O)[C@@H]([C@H](O)CO)O1. The number of rotatable bonds is 4. The molecule has 1 aliphatic heterocycles. The highest BCUT2D eigenvalue weighted by atomic mass is 16.7. The first kappa shape index (κ1) is 14.3. The molecule has 0 aromatic carbocycles. The minimum absolute atomic E-state index is 0.478. The third kappa shape index (κ3) is 2.57. The van der Waals surface area contributed by atoms with E-state index in [1.54, 1.807) is 0 Å². The van der Waals surface area contributed by atoms with Crippen molar-refractivity contribution in [3.63, 3.8) is 0 Å². The zero-order chi connectivity index (χ0) is 13.2. The summed E-state index contributed by atoms with van der Waals surface area (Å²) in [6.45, 7) is -0.742. The van der Waals surface area contributed by atoms with Crippen molar-refractivity contribution in [3.8, 4) is 0 Å². The monoisotopic (exact) mass is 252 g/mol. The number of methoxy groups -OCH3 is 1. The van der Waals surface area contributed by atoms with E-state index in [9.17, 15) is 20.1 Å². The smallest absolute Gasteiger partial charge is 0.364 e. The van der Waals surface area contributed by atoms with Crippen LogP contribution in [0.3, 0.4) is 0 Å². The highest BCUT2D eigenvalue weighted by molar-refractivity contribution is 5.76. The molecular formula is C9H16O8. The van der Waals surface area contributed by atoms with Crippen molar-refractivity contribution >= 4 is 5.97 Å². The predicted molar refractivity (Wildman–Crippen MR) is 52.0 cm³/mol. The first-order chi connectivity index (χ1) is 7.88. The van der Waals surface area contributed by atoms with Gasteiger partial charge >= 0.3 is 5.97 Å². The molecule has 0 aromatic heterocycles. The van der Waals surface area contributed by atoms with Crippen molar-refractivity contribution in [1.82, 2.24) is 0 Å². The number of carboxylic acids is 1. The fraction of sp³-hybridized carbons (Fsp3) is 0.889. The summed E-state index contributed by atoms with van der Waals surface area (Å²) < 4.78 is 9.68. The Morgan fingerprint density at radius 2 is 2.18 bits per heavy atom. The van der Waals surface area contributed by atoms with Crippen LogP contribution in [0.15, 0.2) is 0 Å². The summed E-state index contributed by atoms with van der Waals surface area (Å²) in [7, 11) is 1.07. The molecule has 8 heteroatoms. The summed E-state index contributed by atoms with van der Waals surface area (Å²) in [5, 5.41) is 46.2. The molecule has 1 saturated heterocycles. The Morgan fingerprint density at radius 3 is 2.59 bits per heavy atom. The summed E-state index contributed by atoms with van der Waals surface area (Å²) in [6.07, 6.45) is -6.38. The van der Waals surface area contributed by atoms with Crippen molar-refractivity contribution in [1.29, 1.82) is 0 Å². The van der Waals surface area contributed by atoms with Gasteiger partial charge in [0.25, 0.3) is 5.79 Å². The summed E-state index contributed by atoms with van der Waals surface area (Å²) in [5.41, 5.74) is 0. The molecule has 0 unspecified atom stereocenters. The normalized spacial score (nSPS) is 39.9. The Labute approximate surface area is 97.0 Å². The first-order valence-electron chi connectivity index (χ1n) is 4.99. The number of hydrogen-bond acceptors (Lipinski definition) is 7. The van der Waals surface area contributed by atoms with Crippen LogP contribution in [0.1, 0.15) is 6.42 Å². The number of aliphatic hydroxyl groups is 4. The van der Waals surface area contributed by atoms with Gasteiger partial charge in [-0.25, -0.2) is 4.79 Å². The average molecular weight is 252 g/mol. The molecule has 0 aromatic rings. The number of aliphatic carboxylic acids is 1. The lowest BCUT2D eigenvalue weighted by Crippen LogP contribution is -2.62. The summed E-state index contributed by atoms with van der Waals surface area (Å²) in [4.78, 5) is 11.0. The Kier molecular flexibility index (Phi) is 4.42. The third-order valence-corrected chi connectivity index (χ3v) is 2.76. The molecule has 0 bridgehead atoms. The van der Waals surface area contributed by atoms with Gasteiger partial charge in [0.1, 0.15) is 18.3 Å². The lowest BCUT2D eigenvalue weighted by molar-refractivity contribution is -0.316. The van der Waals surface area contributed by atoms with E-state index in [0.717, 1.165) is 7.11 Å². The van der Waals surface area contributed by atoms with E-state index in [1.165, 1.54) is 0 Å². The second kappa shape index (κ2) is 5.25. The van der Waals surface area contributed by atoms with Crippen LogP contribution in [-0.4, -0.2) is 75.4 Å². The van der Waals surface area contributed by atoms with Gasteiger partial charge in [-0.3, -0.25) is 0 Å². The van der Waals surface area contributed by atoms with Crippen LogP contribution in [0.4, 0.5) is 0 Å². The molecular weight excluding hydrogens is 236 g/mol. The van der Waals surface area contributed by atoms with E-state index < -0.39 is 49.2 Å². The van der Waals surface area contributed by atoms with Gasteiger partial charge in [-0.15, -0.1) is 0 Å². The Balaban J connectivity index is 2.96. The van der Waals surface area contributed by atoms with Crippen LogP contribution in [0.5, 0.6) is 0 Å². The highest BCUT2D eigenvalue weighted by Gasteiger charge is 2.53. The maximum absolute atomic E-state index is 11.0. The van der Waals surface area contributed by atoms with Crippen molar-refractivity contribution in [2.75, 3.05) is 13.7 Å². The van der Waals surface area contributed by atoms with Crippen LogP contribution >= 0.6 is 0 Å². The molecule has 0 spiro atoms. The van der Waals surface area contributed by atoms with Gasteiger partial charge in [0.15, 0.2) is 0 Å². The molecule has 0 amide bonds. The molecule has 1 fully saturated rings. The molecule has 0 saturated carbocycles. The largest absolute Gasteiger partial charge is 0.477 e. The van der Waals surface area contributed by atoms with E-state index in [2.05, 4.69) is 0 Å². The zero-order valence-corrected chi connectivity index (χ0v) is 9.18. The van der Waals surface area contributed by atoms with E-state index in [1.807, 2.05) is 0 Å². The van der Waals surface area contributed by atoms with Crippen molar-refractivity contribution < 1.29 is 39.8 Å². The van der Waals surface area contributed by atoms with E-state index in [-0.39, 0.29) is 0 Å². The number of aliphatic hydroxyl groups excluding tert-OH is 4. The molecule has 100 valence electrons. The lowest BCUT2D eigenvalue weighted by Gasteiger charge is -2.43. The highest BCUT2D eigenvalue weighted by Crippen LogP contribution is 2.31. The average Bonchev–Trinajstić information content (AvgIpc) is 2.31. The quantitative estimate of drug-likeness (QED) is 0.364. The maximum atomic E-state index is 11.0. The second-order valence-corrected chi connectivity index (χ2v) is 3.86. The fourth-order valence-electron chi connectivity index (χ4n) is 1.72. The second-order valence-electron chi connectivity index (χ2n) is 3.86. The number of hydrogen-bond donors (Lipinski definition) is 5. The van der Waals surface area contributed by atoms with Gasteiger partial charge in [-0.1, -0.05) is 0 Å². The maximum Gasteiger partial charge on any atom is 0.364 e. The summed E-state index contributed by atoms with van der Waals surface area (Å²) >= 11 is 0. The molecule has 0 radical (unpaired) electrons. The fourth-order valence-corrected chi connectivity index (χ4v) is 1.72. The summed E-state index contributed by atoms with van der Waals surface area (Å²) in [6, 6.07) is 0. The molecule has 1 rings (SSSR count). The van der Waals surface area contributed by atoms with Crippen molar-refractivity contribution in [2.45, 2.75) is 36.6 Å². The van der Waals surface area contributed by atoms with E-state index in [0.29, 0.717) is 0 Å². The molecule has 5 N–H and O–H groups in total. The van der Waals surface area contributed by atoms with Crippen LogP contribution in [0.25, 0.3) is 0 Å². The first-order valence-corrected chi connectivity index (χ1v) is 4.99. The van der Waals surface area contributed by atoms with Gasteiger partial charge in [0.05, 0.1) is 12.7 Å². The van der Waals surface area contributed by atoms with E-state index in [4.69, 9.17) is 19.7 Å². The van der Waals surface area contributed by atoms with E-state index >= 15 is 0 Å². The van der Waals surface area contributed by atoms with Crippen molar-refractivity contribution in [3.05, 3.63) is 0 Å². The molecule has 5 atom stereocenters. The van der Waals surface area contributed by atoms with Crippen LogP contribution < -0.4 is 0 Å². The Hall–Kier alpha value is -0.770. The van der Waals surface area contributed by atoms with Crippen LogP contribution in [0.2, 0.25) is 0 Å². The zero-order valence-electron chi connectivity index (χ0n) is 9.18. The molecule has 17 heavy (non-hydrogen) atoms. The van der Waals surface area contributed by atoms with Crippen LogP contribution in [0, 0.1) is 0 Å². The number of carbonyl (C=O) groups is 1. The number of ether oxygens (including phenoxy) is 2. The Morgan fingerprint density at radius 1 is 1.59 bits per heavy atom. The Bertz CT molecular complexity index is 282. The van der Waals surface area contributed by atoms with Gasteiger partial charge in [-0.05, 0) is 0 Å². The standard InChI is InChI=1S/C9H16O8/c1-16-9(8(14)15)2-4(11)6(13)7(17-9)5(12)3-10/h4-7,10-13H,2-3H2,1H3,(H,14,15)/t4-,5-,6-,7-,9-/m1/s1. The summed E-state index contributed by atoms with van der Waals surface area (Å²) in [5.74, 6) is -3.62. The topological polar surface area (TPSA) is 137 Å². The minimum Gasteiger partial charge on any atom is -0.477 e. The molecule has 8 nitrogen and oxygen atoms in total. The molecule has 1 heterocycles. The number of carboxylic acid groups (broad SMARTS) is 1. The predicted octanol–water partition coefficient (Wildman–Crippen LogP) is -2.72. The molecule has 0 aliphatic carbocycles. The van der Waals surface area contributed by atoms with Gasteiger partial charge in [0.2, 0.25) is 0 Å². The van der Waals surface area contributed by atoms with Gasteiger partial charge in [-0.2, -0.15) is 0 Å². The van der Waals surface area contributed by atoms with Gasteiger partial charge < -0.3 is 35.0 Å². The third-order valence-electron chi connectivity index (χ3n) is 2.76. The lowest BCUT2D eigenvalue weighted by atomic mass is 9.92. The van der Waals surface area contributed by atoms with Crippen LogP contribution in [-0.2, 0) is 14.3 Å². The van der Waals surface area contributed by atoms with Crippen molar-refractivity contribution in [2.24, 2.45) is 0 Å². The van der Waals surface area contributed by atoms with Gasteiger partial charge in [0, 0.05) is 13.5 Å².